The summed E-state index contributed by atoms with van der Waals surface area (Å²) in [6.07, 6.45) is 5.03. The molecule has 0 bridgehead atoms. The minimum absolute atomic E-state index is 0.138. The van der Waals surface area contributed by atoms with Crippen molar-refractivity contribution in [3.8, 4) is 0 Å². The van der Waals surface area contributed by atoms with Gasteiger partial charge in [-0.2, -0.15) is 0 Å². The Morgan fingerprint density at radius 2 is 1.75 bits per heavy atom. The summed E-state index contributed by atoms with van der Waals surface area (Å²) in [6.45, 7) is 0.624. The molecule has 1 aliphatic carbocycles. The van der Waals surface area contributed by atoms with Gasteiger partial charge in [0.05, 0.1) is 19.3 Å². The van der Waals surface area contributed by atoms with E-state index in [1.54, 1.807) is 0 Å². The summed E-state index contributed by atoms with van der Waals surface area (Å²) in [5.74, 6) is 0.704. The average Bonchev–Trinajstić information content (AvgIpc) is 2.38. The molecule has 1 fully saturated rings. The van der Waals surface area contributed by atoms with E-state index >= 15 is 0 Å². The Morgan fingerprint density at radius 3 is 2.38 bits per heavy atom. The van der Waals surface area contributed by atoms with Crippen LogP contribution in [-0.4, -0.2) is 24.4 Å². The Kier molecular flexibility index (Phi) is 4.37. The molecule has 0 unspecified atom stereocenters. The molecule has 0 aromatic heterocycles. The predicted octanol–water partition coefficient (Wildman–Crippen LogP) is 2.72. The molecule has 0 aliphatic heterocycles. The highest BCUT2D eigenvalue weighted by Crippen LogP contribution is 2.33. The molecule has 1 N–H and O–H groups in total. The first kappa shape index (κ1) is 11.6. The summed E-state index contributed by atoms with van der Waals surface area (Å²) in [5.41, 5.74) is 1.46. The summed E-state index contributed by atoms with van der Waals surface area (Å²) < 4.78 is 5.57. The smallest absolute Gasteiger partial charge is 0.0701 e. The van der Waals surface area contributed by atoms with Crippen LogP contribution in [0.2, 0.25) is 0 Å². The maximum absolute atomic E-state index is 8.70. The fraction of sp³-hybridized carbons (Fsp3) is 0.571. The minimum Gasteiger partial charge on any atom is -0.394 e. The van der Waals surface area contributed by atoms with E-state index in [1.165, 1.54) is 18.4 Å². The van der Waals surface area contributed by atoms with Gasteiger partial charge in [-0.05, 0) is 37.2 Å². The molecule has 16 heavy (non-hydrogen) atoms. The topological polar surface area (TPSA) is 29.5 Å². The third-order valence-electron chi connectivity index (χ3n) is 3.39. The van der Waals surface area contributed by atoms with Gasteiger partial charge in [-0.15, -0.1) is 0 Å². The molecule has 0 amide bonds. The summed E-state index contributed by atoms with van der Waals surface area (Å²) in [6, 6.07) is 10.7. The van der Waals surface area contributed by atoms with Crippen molar-refractivity contribution in [2.45, 2.75) is 37.7 Å². The third kappa shape index (κ3) is 3.06. The van der Waals surface area contributed by atoms with Gasteiger partial charge in [0.15, 0.2) is 0 Å². The fourth-order valence-corrected chi connectivity index (χ4v) is 2.51. The van der Waals surface area contributed by atoms with E-state index in [-0.39, 0.29) is 6.61 Å². The van der Waals surface area contributed by atoms with E-state index in [2.05, 4.69) is 30.3 Å². The second kappa shape index (κ2) is 6.02. The van der Waals surface area contributed by atoms with Crippen LogP contribution in [0.1, 0.15) is 37.2 Å². The molecule has 0 atom stereocenters. The van der Waals surface area contributed by atoms with Gasteiger partial charge in [-0.3, -0.25) is 0 Å². The number of ether oxygens (including phenoxy) is 1. The van der Waals surface area contributed by atoms with Crippen LogP contribution in [0.4, 0.5) is 0 Å². The highest BCUT2D eigenvalue weighted by molar-refractivity contribution is 5.19. The van der Waals surface area contributed by atoms with Crippen LogP contribution in [0.5, 0.6) is 0 Å². The molecule has 1 aromatic carbocycles. The van der Waals surface area contributed by atoms with Crippen molar-refractivity contribution in [3.05, 3.63) is 35.9 Å². The Labute approximate surface area is 97.3 Å². The van der Waals surface area contributed by atoms with Gasteiger partial charge in [-0.25, -0.2) is 0 Å². The van der Waals surface area contributed by atoms with E-state index in [0.717, 1.165) is 12.8 Å². The van der Waals surface area contributed by atoms with Crippen LogP contribution >= 0.6 is 0 Å². The van der Waals surface area contributed by atoms with Gasteiger partial charge in [0.2, 0.25) is 0 Å². The van der Waals surface area contributed by atoms with E-state index in [1.807, 2.05) is 0 Å². The minimum atomic E-state index is 0.138. The number of hydrogen-bond donors (Lipinski definition) is 1. The molecule has 1 aliphatic rings. The molecule has 1 aromatic rings. The van der Waals surface area contributed by atoms with Crippen LogP contribution in [0, 0.1) is 0 Å². The molecule has 2 heteroatoms. The largest absolute Gasteiger partial charge is 0.394 e. The zero-order valence-electron chi connectivity index (χ0n) is 9.64. The number of aliphatic hydroxyl groups is 1. The van der Waals surface area contributed by atoms with Crippen LogP contribution in [-0.2, 0) is 4.74 Å². The first-order chi connectivity index (χ1) is 7.90. The van der Waals surface area contributed by atoms with Crippen molar-refractivity contribution in [3.63, 3.8) is 0 Å². The summed E-state index contributed by atoms with van der Waals surface area (Å²) in [4.78, 5) is 0. The van der Waals surface area contributed by atoms with Gasteiger partial charge in [0, 0.05) is 0 Å². The SMILES string of the molecule is OCCO[C@H]1CC[C@H](c2ccccc2)CC1. The maximum Gasteiger partial charge on any atom is 0.0701 e. The third-order valence-corrected chi connectivity index (χ3v) is 3.39. The van der Waals surface area contributed by atoms with Crippen molar-refractivity contribution in [1.29, 1.82) is 0 Å². The molecule has 1 saturated carbocycles. The van der Waals surface area contributed by atoms with E-state index in [9.17, 15) is 0 Å². The quantitative estimate of drug-likeness (QED) is 0.845. The lowest BCUT2D eigenvalue weighted by Crippen LogP contribution is -2.22. The summed E-state index contributed by atoms with van der Waals surface area (Å²) in [7, 11) is 0. The molecule has 0 spiro atoms. The molecule has 2 nitrogen and oxygen atoms in total. The van der Waals surface area contributed by atoms with Crippen molar-refractivity contribution in [1.82, 2.24) is 0 Å². The second-order valence-electron chi connectivity index (χ2n) is 4.48. The zero-order chi connectivity index (χ0) is 11.2. The Bertz CT molecular complexity index is 289. The number of aliphatic hydroxyl groups excluding tert-OH is 1. The highest BCUT2D eigenvalue weighted by Gasteiger charge is 2.22. The first-order valence-corrected chi connectivity index (χ1v) is 6.17. The van der Waals surface area contributed by atoms with E-state index < -0.39 is 0 Å². The van der Waals surface area contributed by atoms with Crippen molar-refractivity contribution >= 4 is 0 Å². The van der Waals surface area contributed by atoms with Crippen molar-refractivity contribution < 1.29 is 9.84 Å². The van der Waals surface area contributed by atoms with Gasteiger partial charge in [-0.1, -0.05) is 30.3 Å². The van der Waals surface area contributed by atoms with E-state index in [4.69, 9.17) is 9.84 Å². The van der Waals surface area contributed by atoms with E-state index in [0.29, 0.717) is 18.6 Å². The fourth-order valence-electron chi connectivity index (χ4n) is 2.51. The lowest BCUT2D eigenvalue weighted by Gasteiger charge is -2.28. The average molecular weight is 220 g/mol. The predicted molar refractivity (Wildman–Crippen MR) is 64.5 cm³/mol. The molecular weight excluding hydrogens is 200 g/mol. The number of benzene rings is 1. The summed E-state index contributed by atoms with van der Waals surface area (Å²) >= 11 is 0. The van der Waals surface area contributed by atoms with Crippen LogP contribution < -0.4 is 0 Å². The molecule has 2 rings (SSSR count). The van der Waals surface area contributed by atoms with Gasteiger partial charge < -0.3 is 9.84 Å². The van der Waals surface area contributed by atoms with Gasteiger partial charge in [0.1, 0.15) is 0 Å². The Hall–Kier alpha value is -0.860. The van der Waals surface area contributed by atoms with Crippen molar-refractivity contribution in [2.24, 2.45) is 0 Å². The Balaban J connectivity index is 1.81. The normalized spacial score (nSPS) is 25.6. The zero-order valence-corrected chi connectivity index (χ0v) is 9.64. The van der Waals surface area contributed by atoms with Crippen molar-refractivity contribution in [2.75, 3.05) is 13.2 Å². The van der Waals surface area contributed by atoms with Gasteiger partial charge >= 0.3 is 0 Å². The molecule has 88 valence electrons. The molecule has 0 heterocycles. The number of rotatable bonds is 4. The standard InChI is InChI=1S/C14H20O2/c15-10-11-16-14-8-6-13(7-9-14)12-4-2-1-3-5-12/h1-5,13-15H,6-11H2/t13-,14-. The second-order valence-corrected chi connectivity index (χ2v) is 4.48. The van der Waals surface area contributed by atoms with Crippen LogP contribution in [0.3, 0.4) is 0 Å². The maximum atomic E-state index is 8.70. The van der Waals surface area contributed by atoms with Crippen LogP contribution in [0.25, 0.3) is 0 Å². The molecular formula is C14H20O2. The molecule has 0 saturated heterocycles. The first-order valence-electron chi connectivity index (χ1n) is 6.17. The monoisotopic (exact) mass is 220 g/mol. The van der Waals surface area contributed by atoms with Crippen LogP contribution in [0.15, 0.2) is 30.3 Å². The highest BCUT2D eigenvalue weighted by atomic mass is 16.5. The lowest BCUT2D eigenvalue weighted by molar-refractivity contribution is 0.00580. The summed E-state index contributed by atoms with van der Waals surface area (Å²) in [5, 5.41) is 8.70. The number of hydrogen-bond acceptors (Lipinski definition) is 2. The lowest BCUT2D eigenvalue weighted by atomic mass is 9.83. The van der Waals surface area contributed by atoms with Gasteiger partial charge in [0.25, 0.3) is 0 Å². The Morgan fingerprint density at radius 1 is 1.06 bits per heavy atom. The molecule has 0 radical (unpaired) electrons.